The molecular weight excluding hydrogens is 384 g/mol. The number of aryl methyl sites for hydroxylation is 1. The number of halogens is 4. The Hall–Kier alpha value is -3.11. The molecule has 0 fully saturated rings. The minimum absolute atomic E-state index is 0.172. The van der Waals surface area contributed by atoms with Crippen LogP contribution in [0.2, 0.25) is 0 Å². The molecule has 0 radical (unpaired) electrons. The molecule has 1 amide bonds. The van der Waals surface area contributed by atoms with E-state index in [4.69, 9.17) is 9.90 Å². The Bertz CT molecular complexity index is 874. The molecule has 1 aliphatic heterocycles. The van der Waals surface area contributed by atoms with E-state index in [1.54, 1.807) is 11.2 Å². The van der Waals surface area contributed by atoms with Crippen molar-refractivity contribution in [3.8, 4) is 0 Å². The van der Waals surface area contributed by atoms with E-state index >= 15 is 0 Å². The van der Waals surface area contributed by atoms with E-state index in [2.05, 4.69) is 15.0 Å². The third kappa shape index (κ3) is 5.44. The number of nitrogens with zero attached hydrogens (tertiary/aromatic N) is 4. The summed E-state index contributed by atoms with van der Waals surface area (Å²) in [5, 5.41) is 7.12. The summed E-state index contributed by atoms with van der Waals surface area (Å²) in [6.07, 6.45) is -0.798. The first-order valence-corrected chi connectivity index (χ1v) is 8.10. The molecule has 3 rings (SSSR count). The molecule has 0 bridgehead atoms. The van der Waals surface area contributed by atoms with Crippen molar-refractivity contribution in [1.82, 2.24) is 19.9 Å². The highest BCUT2D eigenvalue weighted by molar-refractivity contribution is 5.94. The molecule has 0 aromatic carbocycles. The molecule has 0 spiro atoms. The Morgan fingerprint density at radius 3 is 2.39 bits per heavy atom. The van der Waals surface area contributed by atoms with Crippen LogP contribution < -0.4 is 0 Å². The molecular formula is C17H16F4N4O3. The number of alkyl halides is 3. The fraction of sp³-hybridized carbons (Fsp3) is 0.353. The standard InChI is InChI=1S/C15H15FN4O.C2HF3O2/c1-10-12-3-6-20(7-4-13(12)19-9-18-10)15(21)11-2-5-17-14(16)8-11;3-2(4,5)1(6)7/h2,5,8-9H,3-4,6-7H2,1H3;(H,6,7). The van der Waals surface area contributed by atoms with Crippen molar-refractivity contribution in [3.63, 3.8) is 0 Å². The Morgan fingerprint density at radius 2 is 1.79 bits per heavy atom. The maximum Gasteiger partial charge on any atom is 0.490 e. The average Bonchev–Trinajstić information content (AvgIpc) is 2.84. The normalized spacial score (nSPS) is 13.7. The summed E-state index contributed by atoms with van der Waals surface area (Å²) in [7, 11) is 0. The topological polar surface area (TPSA) is 96.3 Å². The first-order chi connectivity index (χ1) is 13.1. The van der Waals surface area contributed by atoms with Crippen molar-refractivity contribution in [2.75, 3.05) is 13.1 Å². The van der Waals surface area contributed by atoms with Crippen LogP contribution in [-0.2, 0) is 17.6 Å². The minimum Gasteiger partial charge on any atom is -0.475 e. The average molecular weight is 400 g/mol. The largest absolute Gasteiger partial charge is 0.490 e. The lowest BCUT2D eigenvalue weighted by Crippen LogP contribution is -2.33. The molecule has 150 valence electrons. The number of rotatable bonds is 1. The quantitative estimate of drug-likeness (QED) is 0.582. The van der Waals surface area contributed by atoms with Crippen LogP contribution in [0.4, 0.5) is 17.6 Å². The van der Waals surface area contributed by atoms with Gasteiger partial charge in [-0.05, 0) is 25.0 Å². The molecule has 3 heterocycles. The fourth-order valence-corrected chi connectivity index (χ4v) is 2.61. The van der Waals surface area contributed by atoms with Crippen molar-refractivity contribution in [3.05, 3.63) is 53.1 Å². The Morgan fingerprint density at radius 1 is 1.14 bits per heavy atom. The van der Waals surface area contributed by atoms with Gasteiger partial charge in [-0.2, -0.15) is 17.6 Å². The summed E-state index contributed by atoms with van der Waals surface area (Å²) < 4.78 is 44.9. The molecule has 2 aromatic heterocycles. The minimum atomic E-state index is -5.08. The number of aliphatic carboxylic acids is 1. The van der Waals surface area contributed by atoms with Crippen molar-refractivity contribution in [2.45, 2.75) is 25.9 Å². The second-order valence-electron chi connectivity index (χ2n) is 5.85. The molecule has 7 nitrogen and oxygen atoms in total. The molecule has 0 saturated carbocycles. The van der Waals surface area contributed by atoms with E-state index in [0.29, 0.717) is 25.1 Å². The molecule has 0 saturated heterocycles. The highest BCUT2D eigenvalue weighted by atomic mass is 19.4. The second-order valence-corrected chi connectivity index (χ2v) is 5.85. The van der Waals surface area contributed by atoms with Gasteiger partial charge in [0.25, 0.3) is 5.91 Å². The van der Waals surface area contributed by atoms with Gasteiger partial charge in [0.05, 0.1) is 0 Å². The van der Waals surface area contributed by atoms with Crippen LogP contribution in [-0.4, -0.2) is 56.1 Å². The summed E-state index contributed by atoms with van der Waals surface area (Å²) in [5.74, 6) is -3.57. The number of hydrogen-bond acceptors (Lipinski definition) is 5. The first kappa shape index (κ1) is 21.2. The van der Waals surface area contributed by atoms with Gasteiger partial charge in [0, 0.05) is 48.7 Å². The molecule has 1 N–H and O–H groups in total. The highest BCUT2D eigenvalue weighted by Crippen LogP contribution is 2.17. The molecule has 28 heavy (non-hydrogen) atoms. The number of fused-ring (bicyclic) bond motifs is 1. The highest BCUT2D eigenvalue weighted by Gasteiger charge is 2.38. The fourth-order valence-electron chi connectivity index (χ4n) is 2.61. The van der Waals surface area contributed by atoms with Crippen LogP contribution in [0.5, 0.6) is 0 Å². The number of amides is 1. The monoisotopic (exact) mass is 400 g/mol. The van der Waals surface area contributed by atoms with Gasteiger partial charge in [-0.3, -0.25) is 4.79 Å². The van der Waals surface area contributed by atoms with E-state index in [-0.39, 0.29) is 5.91 Å². The predicted molar refractivity (Wildman–Crippen MR) is 88.0 cm³/mol. The Kier molecular flexibility index (Phi) is 6.60. The van der Waals surface area contributed by atoms with Crippen LogP contribution in [0.15, 0.2) is 24.7 Å². The molecule has 0 atom stereocenters. The van der Waals surface area contributed by atoms with Crippen molar-refractivity contribution in [1.29, 1.82) is 0 Å². The van der Waals surface area contributed by atoms with E-state index < -0.39 is 18.1 Å². The molecule has 0 unspecified atom stereocenters. The lowest BCUT2D eigenvalue weighted by atomic mass is 10.1. The van der Waals surface area contributed by atoms with Crippen molar-refractivity contribution < 1.29 is 32.3 Å². The smallest absolute Gasteiger partial charge is 0.475 e. The van der Waals surface area contributed by atoms with E-state index in [0.717, 1.165) is 23.4 Å². The van der Waals surface area contributed by atoms with Crippen LogP contribution in [0.25, 0.3) is 0 Å². The van der Waals surface area contributed by atoms with Gasteiger partial charge in [-0.1, -0.05) is 0 Å². The second kappa shape index (κ2) is 8.72. The molecule has 2 aromatic rings. The SMILES string of the molecule is Cc1ncnc2c1CCN(C(=O)c1ccnc(F)c1)CC2.O=C(O)C(F)(F)F. The van der Waals surface area contributed by atoms with Crippen LogP contribution in [0.3, 0.4) is 0 Å². The zero-order valence-corrected chi connectivity index (χ0v) is 14.7. The van der Waals surface area contributed by atoms with Gasteiger partial charge < -0.3 is 10.0 Å². The zero-order valence-electron chi connectivity index (χ0n) is 14.7. The third-order valence-electron chi connectivity index (χ3n) is 4.00. The first-order valence-electron chi connectivity index (χ1n) is 8.10. The molecule has 0 aliphatic carbocycles. The van der Waals surface area contributed by atoms with Gasteiger partial charge in [0.1, 0.15) is 6.33 Å². The summed E-state index contributed by atoms with van der Waals surface area (Å²) in [6.45, 7) is 3.12. The number of carboxylic acids is 1. The Balaban J connectivity index is 0.000000345. The molecule has 1 aliphatic rings. The number of pyridine rings is 1. The summed E-state index contributed by atoms with van der Waals surface area (Å²) in [5.41, 5.74) is 3.41. The van der Waals surface area contributed by atoms with Crippen molar-refractivity contribution >= 4 is 11.9 Å². The van der Waals surface area contributed by atoms with Gasteiger partial charge in [-0.25, -0.2) is 19.7 Å². The number of hydrogen-bond donors (Lipinski definition) is 1. The summed E-state index contributed by atoms with van der Waals surface area (Å²) in [6, 6.07) is 2.71. The van der Waals surface area contributed by atoms with E-state index in [1.807, 2.05) is 6.92 Å². The van der Waals surface area contributed by atoms with E-state index in [9.17, 15) is 22.4 Å². The predicted octanol–water partition coefficient (Wildman–Crippen LogP) is 2.19. The number of aromatic nitrogens is 3. The lowest BCUT2D eigenvalue weighted by Gasteiger charge is -2.20. The summed E-state index contributed by atoms with van der Waals surface area (Å²) in [4.78, 5) is 35.0. The lowest BCUT2D eigenvalue weighted by molar-refractivity contribution is -0.192. The maximum absolute atomic E-state index is 13.1. The van der Waals surface area contributed by atoms with Gasteiger partial charge in [-0.15, -0.1) is 0 Å². The number of carboxylic acid groups (broad SMARTS) is 1. The van der Waals surface area contributed by atoms with Gasteiger partial charge in [0.2, 0.25) is 5.95 Å². The van der Waals surface area contributed by atoms with Crippen LogP contribution in [0.1, 0.15) is 27.3 Å². The van der Waals surface area contributed by atoms with Gasteiger partial charge >= 0.3 is 12.1 Å². The zero-order chi connectivity index (χ0) is 20.9. The summed E-state index contributed by atoms with van der Waals surface area (Å²) >= 11 is 0. The number of carbonyl (C=O) groups excluding carboxylic acids is 1. The van der Waals surface area contributed by atoms with Gasteiger partial charge in [0.15, 0.2) is 0 Å². The van der Waals surface area contributed by atoms with Crippen LogP contribution in [0, 0.1) is 12.9 Å². The van der Waals surface area contributed by atoms with Crippen LogP contribution >= 0.6 is 0 Å². The van der Waals surface area contributed by atoms with Crippen molar-refractivity contribution in [2.24, 2.45) is 0 Å². The third-order valence-corrected chi connectivity index (χ3v) is 4.00. The number of carbonyl (C=O) groups is 2. The maximum atomic E-state index is 13.1. The molecule has 11 heteroatoms. The Labute approximate surface area is 157 Å². The van der Waals surface area contributed by atoms with E-state index in [1.165, 1.54) is 18.3 Å².